The van der Waals surface area contributed by atoms with Gasteiger partial charge in [0.25, 0.3) is 0 Å². The standard InChI is InChI=1S/C21H20F26N.C2H4O2/c1-3-48(2,8-4-6-10(22,23)12(26,27)14(30,31)16(34,35)18(38,39)20(42,43)44)9-5-7-11(24,25)13(28,29)15(32,33)17(36,37)19(40,41)21(45,46)47;1-2(3)4/h3-9H2,1-2H3;1H3,(H,3,4)/q+1;/p-1. The molecule has 0 aliphatic rings. The van der Waals surface area contributed by atoms with Gasteiger partial charge in [0.05, 0.1) is 26.7 Å². The average Bonchev–Trinajstić information content (AvgIpc) is 2.90. The zero-order valence-corrected chi connectivity index (χ0v) is 25.5. The molecule has 0 radical (unpaired) electrons. The summed E-state index contributed by atoms with van der Waals surface area (Å²) in [6.07, 6.45) is -24.2. The Morgan fingerprint density at radius 1 is 0.442 bits per heavy atom. The SMILES string of the molecule is CC(=O)[O-].CC[N+](C)(CCCC(F)(F)C(F)(F)C(F)(F)C(F)(F)C(F)(F)C(F)(F)F)CCCC(F)(F)C(F)(F)C(F)(F)C(F)(F)C(F)(F)C(F)(F)F. The van der Waals surface area contributed by atoms with Gasteiger partial charge in [-0.2, -0.15) is 114 Å². The van der Waals surface area contributed by atoms with Crippen molar-refractivity contribution in [2.24, 2.45) is 0 Å². The van der Waals surface area contributed by atoms with Gasteiger partial charge in [-0.15, -0.1) is 0 Å². The molecule has 0 aliphatic heterocycles. The van der Waals surface area contributed by atoms with Gasteiger partial charge < -0.3 is 14.4 Å². The Kier molecular flexibility index (Phi) is 15.0. The predicted octanol–water partition coefficient (Wildman–Crippen LogP) is 9.25. The van der Waals surface area contributed by atoms with E-state index in [0.717, 1.165) is 13.8 Å². The van der Waals surface area contributed by atoms with Gasteiger partial charge >= 0.3 is 71.6 Å². The summed E-state index contributed by atoms with van der Waals surface area (Å²) >= 11 is 0. The van der Waals surface area contributed by atoms with Crippen LogP contribution in [0.4, 0.5) is 114 Å². The lowest BCUT2D eigenvalue weighted by molar-refractivity contribution is -0.908. The average molecular weight is 839 g/mol. The van der Waals surface area contributed by atoms with Crippen LogP contribution in [0.3, 0.4) is 0 Å². The second-order valence-corrected chi connectivity index (χ2v) is 11.1. The maximum atomic E-state index is 14.0. The molecule has 0 heterocycles. The van der Waals surface area contributed by atoms with Crippen LogP contribution >= 0.6 is 0 Å². The van der Waals surface area contributed by atoms with E-state index in [1.165, 1.54) is 0 Å². The van der Waals surface area contributed by atoms with E-state index in [9.17, 15) is 114 Å². The number of nitrogens with zero attached hydrogens (tertiary/aromatic N) is 1. The van der Waals surface area contributed by atoms with Crippen molar-refractivity contribution < 1.29 is 129 Å². The van der Waals surface area contributed by atoms with E-state index < -0.39 is 127 Å². The summed E-state index contributed by atoms with van der Waals surface area (Å²) in [4.78, 5) is 8.89. The Balaban J connectivity index is 0. The highest BCUT2D eigenvalue weighted by Crippen LogP contribution is 2.62. The van der Waals surface area contributed by atoms with Gasteiger partial charge in [0.15, 0.2) is 0 Å². The molecule has 0 rings (SSSR count). The molecule has 0 spiro atoms. The van der Waals surface area contributed by atoms with Crippen LogP contribution in [-0.2, 0) is 4.79 Å². The molecule has 3 nitrogen and oxygen atoms in total. The van der Waals surface area contributed by atoms with Crippen molar-refractivity contribution in [3.8, 4) is 0 Å². The first-order valence-electron chi connectivity index (χ1n) is 13.1. The zero-order valence-electron chi connectivity index (χ0n) is 25.5. The largest absolute Gasteiger partial charge is 0.550 e. The Morgan fingerprint density at radius 2 is 0.635 bits per heavy atom. The van der Waals surface area contributed by atoms with Crippen LogP contribution in [0.2, 0.25) is 0 Å². The number of carboxylic acids is 1. The molecule has 0 aromatic carbocycles. The topological polar surface area (TPSA) is 40.1 Å². The van der Waals surface area contributed by atoms with Crippen molar-refractivity contribution in [1.82, 2.24) is 0 Å². The second kappa shape index (κ2) is 15.0. The minimum Gasteiger partial charge on any atom is -0.550 e. The van der Waals surface area contributed by atoms with Crippen LogP contribution < -0.4 is 5.11 Å². The summed E-state index contributed by atoms with van der Waals surface area (Å²) in [5.74, 6) is -78.2. The second-order valence-electron chi connectivity index (χ2n) is 11.1. The molecule has 314 valence electrons. The van der Waals surface area contributed by atoms with Crippen molar-refractivity contribution >= 4 is 5.97 Å². The summed E-state index contributed by atoms with van der Waals surface area (Å²) in [6.45, 7) is -1.18. The summed E-state index contributed by atoms with van der Waals surface area (Å²) in [7, 11) is 0.686. The van der Waals surface area contributed by atoms with E-state index >= 15 is 0 Å². The van der Waals surface area contributed by atoms with Gasteiger partial charge in [0.1, 0.15) is 0 Å². The number of hydrogen-bond donors (Lipinski definition) is 0. The molecule has 0 saturated carbocycles. The molecule has 0 aliphatic carbocycles. The molecular formula is C23H23F26NO2. The van der Waals surface area contributed by atoms with E-state index in [0.29, 0.717) is 7.05 Å². The van der Waals surface area contributed by atoms with Gasteiger partial charge in [-0.3, -0.25) is 0 Å². The first kappa shape index (κ1) is 51.7. The predicted molar refractivity (Wildman–Crippen MR) is 117 cm³/mol. The number of carboxylic acid groups (broad SMARTS) is 1. The number of hydrogen-bond acceptors (Lipinski definition) is 2. The van der Waals surface area contributed by atoms with Crippen molar-refractivity contribution in [1.29, 1.82) is 0 Å². The highest BCUT2D eigenvalue weighted by atomic mass is 19.4. The number of rotatable bonds is 17. The van der Waals surface area contributed by atoms with Crippen LogP contribution in [0.25, 0.3) is 0 Å². The quantitative estimate of drug-likeness (QED) is 0.108. The maximum absolute atomic E-state index is 14.0. The molecule has 0 saturated heterocycles. The molecular weight excluding hydrogens is 816 g/mol. The highest BCUT2D eigenvalue weighted by molar-refractivity contribution is 5.60. The van der Waals surface area contributed by atoms with Gasteiger partial charge in [-0.25, -0.2) is 0 Å². The Labute approximate surface area is 273 Å². The van der Waals surface area contributed by atoms with Crippen molar-refractivity contribution in [2.45, 2.75) is 111 Å². The van der Waals surface area contributed by atoms with E-state index in [4.69, 9.17) is 9.90 Å². The third kappa shape index (κ3) is 9.10. The van der Waals surface area contributed by atoms with Crippen molar-refractivity contribution in [3.63, 3.8) is 0 Å². The Morgan fingerprint density at radius 3 is 0.808 bits per heavy atom. The minimum atomic E-state index is -8.20. The molecule has 0 aromatic rings. The van der Waals surface area contributed by atoms with Crippen LogP contribution in [0, 0.1) is 0 Å². The van der Waals surface area contributed by atoms with Gasteiger partial charge in [-0.05, 0) is 13.8 Å². The monoisotopic (exact) mass is 839 g/mol. The number of halogens is 26. The first-order chi connectivity index (χ1) is 22.2. The van der Waals surface area contributed by atoms with Crippen LogP contribution in [0.5, 0.6) is 0 Å². The lowest BCUT2D eigenvalue weighted by Crippen LogP contribution is -2.70. The number of aliphatic carboxylic acids is 1. The third-order valence-corrected chi connectivity index (χ3v) is 7.14. The van der Waals surface area contributed by atoms with Gasteiger partial charge in [-0.1, -0.05) is 0 Å². The van der Waals surface area contributed by atoms with E-state index in [1.54, 1.807) is 0 Å². The van der Waals surface area contributed by atoms with Crippen LogP contribution in [-0.4, -0.2) is 109 Å². The highest BCUT2D eigenvalue weighted by Gasteiger charge is 2.92. The number of carbonyl (C=O) groups is 1. The first-order valence-corrected chi connectivity index (χ1v) is 13.1. The normalized spacial score (nSPS) is 15.7. The summed E-state index contributed by atoms with van der Waals surface area (Å²) in [6, 6.07) is 0. The number of alkyl halides is 26. The van der Waals surface area contributed by atoms with Crippen LogP contribution in [0.1, 0.15) is 39.5 Å². The van der Waals surface area contributed by atoms with Crippen molar-refractivity contribution in [2.75, 3.05) is 26.7 Å². The van der Waals surface area contributed by atoms with Gasteiger partial charge in [0.2, 0.25) is 0 Å². The lowest BCUT2D eigenvalue weighted by Gasteiger charge is -2.40. The molecule has 0 atom stereocenters. The Bertz CT molecular complexity index is 1100. The zero-order chi connectivity index (χ0) is 43.0. The summed E-state index contributed by atoms with van der Waals surface area (Å²) in [5, 5.41) is 8.89. The van der Waals surface area contributed by atoms with E-state index in [-0.39, 0.29) is 0 Å². The molecule has 0 aromatic heterocycles. The van der Waals surface area contributed by atoms with E-state index in [2.05, 4.69) is 0 Å². The molecule has 0 N–H and O–H groups in total. The molecule has 0 unspecified atom stereocenters. The van der Waals surface area contributed by atoms with Crippen LogP contribution in [0.15, 0.2) is 0 Å². The summed E-state index contributed by atoms with van der Waals surface area (Å²) in [5.41, 5.74) is 0. The van der Waals surface area contributed by atoms with Crippen molar-refractivity contribution in [3.05, 3.63) is 0 Å². The lowest BCUT2D eigenvalue weighted by atomic mass is 9.91. The maximum Gasteiger partial charge on any atom is 0.460 e. The molecule has 0 bridgehead atoms. The van der Waals surface area contributed by atoms with Gasteiger partial charge in [0, 0.05) is 31.7 Å². The molecule has 29 heteroatoms. The fourth-order valence-electron chi connectivity index (χ4n) is 3.71. The third-order valence-electron chi connectivity index (χ3n) is 7.14. The number of quaternary nitrogens is 1. The summed E-state index contributed by atoms with van der Waals surface area (Å²) < 4.78 is 342. The number of carbonyl (C=O) groups excluding carboxylic acids is 1. The van der Waals surface area contributed by atoms with E-state index in [1.807, 2.05) is 0 Å². The molecule has 0 amide bonds. The fraction of sp³-hybridized carbons (Fsp3) is 0.957. The molecule has 52 heavy (non-hydrogen) atoms. The molecule has 0 fully saturated rings. The minimum absolute atomic E-state index is 0.637. The smallest absolute Gasteiger partial charge is 0.460 e. The fourth-order valence-corrected chi connectivity index (χ4v) is 3.71. The Hall–Kier alpha value is -2.39.